The van der Waals surface area contributed by atoms with E-state index in [9.17, 15) is 10.2 Å². The number of aliphatic hydroxyl groups excluding tert-OH is 2. The van der Waals surface area contributed by atoms with Crippen molar-refractivity contribution in [3.63, 3.8) is 0 Å². The molecular formula is C19H27ClN4O3. The smallest absolute Gasteiger partial charge is 0.165 e. The Labute approximate surface area is 163 Å². The van der Waals surface area contributed by atoms with Crippen molar-refractivity contribution in [2.45, 2.75) is 75.8 Å². The fourth-order valence-electron chi connectivity index (χ4n) is 4.17. The summed E-state index contributed by atoms with van der Waals surface area (Å²) in [5, 5.41) is 23.4. The van der Waals surface area contributed by atoms with Gasteiger partial charge in [-0.05, 0) is 12.8 Å². The average molecular weight is 395 g/mol. The summed E-state index contributed by atoms with van der Waals surface area (Å²) in [5.74, 6) is 0. The summed E-state index contributed by atoms with van der Waals surface area (Å²) in [6.07, 6.45) is 9.07. The van der Waals surface area contributed by atoms with Gasteiger partial charge in [0.05, 0.1) is 24.7 Å². The number of aliphatic hydroxyl groups is 2. The van der Waals surface area contributed by atoms with Crippen LogP contribution in [0, 0.1) is 0 Å². The van der Waals surface area contributed by atoms with Gasteiger partial charge in [-0.3, -0.25) is 4.57 Å². The van der Waals surface area contributed by atoms with Gasteiger partial charge < -0.3 is 20.3 Å². The minimum Gasteiger partial charge on any atom is -0.394 e. The van der Waals surface area contributed by atoms with Crippen LogP contribution in [0.1, 0.15) is 57.6 Å². The summed E-state index contributed by atoms with van der Waals surface area (Å²) >= 11 is 6.30. The van der Waals surface area contributed by atoms with Crippen LogP contribution in [0.3, 0.4) is 0 Å². The highest BCUT2D eigenvalue weighted by molar-refractivity contribution is 6.30. The van der Waals surface area contributed by atoms with Crippen molar-refractivity contribution in [2.75, 3.05) is 11.9 Å². The zero-order chi connectivity index (χ0) is 18.8. The molecule has 0 bridgehead atoms. The quantitative estimate of drug-likeness (QED) is 0.689. The third-order valence-electron chi connectivity index (χ3n) is 5.66. The molecule has 0 unspecified atom stereocenters. The lowest BCUT2D eigenvalue weighted by molar-refractivity contribution is -0.0432. The van der Waals surface area contributed by atoms with E-state index >= 15 is 0 Å². The predicted octanol–water partition coefficient (Wildman–Crippen LogP) is 3.25. The van der Waals surface area contributed by atoms with Crippen LogP contribution in [-0.4, -0.2) is 49.6 Å². The fraction of sp³-hybridized carbons (Fsp3) is 0.684. The molecule has 3 atom stereocenters. The summed E-state index contributed by atoms with van der Waals surface area (Å²) in [6, 6.07) is 2.25. The molecule has 2 fully saturated rings. The molecule has 4 rings (SSSR count). The number of nitrogens with one attached hydrogen (secondary N) is 1. The average Bonchev–Trinajstić information content (AvgIpc) is 3.20. The Bertz CT molecular complexity index is 776. The third-order valence-corrected chi connectivity index (χ3v) is 5.85. The normalized spacial score (nSPS) is 27.6. The maximum atomic E-state index is 10.0. The van der Waals surface area contributed by atoms with Crippen molar-refractivity contribution >= 4 is 28.5 Å². The molecule has 0 spiro atoms. The number of imidazole rings is 1. The van der Waals surface area contributed by atoms with E-state index in [1.165, 1.54) is 32.1 Å². The molecular weight excluding hydrogens is 368 g/mol. The first kappa shape index (κ1) is 18.9. The van der Waals surface area contributed by atoms with Gasteiger partial charge in [-0.15, -0.1) is 0 Å². The van der Waals surface area contributed by atoms with Crippen LogP contribution in [-0.2, 0) is 4.74 Å². The van der Waals surface area contributed by atoms with Gasteiger partial charge in [0.1, 0.15) is 23.0 Å². The second-order valence-corrected chi connectivity index (χ2v) is 8.01. The van der Waals surface area contributed by atoms with E-state index in [1.807, 2.05) is 6.07 Å². The van der Waals surface area contributed by atoms with E-state index in [4.69, 9.17) is 16.3 Å². The van der Waals surface area contributed by atoms with Crippen molar-refractivity contribution in [2.24, 2.45) is 0 Å². The number of anilines is 1. The number of halogens is 1. The van der Waals surface area contributed by atoms with E-state index in [1.54, 1.807) is 10.9 Å². The van der Waals surface area contributed by atoms with Crippen LogP contribution in [0.15, 0.2) is 12.4 Å². The van der Waals surface area contributed by atoms with Gasteiger partial charge in [0.2, 0.25) is 0 Å². The summed E-state index contributed by atoms with van der Waals surface area (Å²) in [7, 11) is 0. The first-order valence-corrected chi connectivity index (χ1v) is 10.3. The summed E-state index contributed by atoms with van der Waals surface area (Å²) in [5.41, 5.74) is 2.28. The number of pyridine rings is 1. The zero-order valence-electron chi connectivity index (χ0n) is 15.4. The number of aromatic nitrogens is 3. The molecule has 27 heavy (non-hydrogen) atoms. The van der Waals surface area contributed by atoms with Crippen molar-refractivity contribution in [3.8, 4) is 0 Å². The lowest BCUT2D eigenvalue weighted by Gasteiger charge is -2.22. The first-order chi connectivity index (χ1) is 13.2. The number of fused-ring (bicyclic) bond motifs is 1. The Morgan fingerprint density at radius 3 is 2.67 bits per heavy atom. The van der Waals surface area contributed by atoms with Crippen LogP contribution in [0.25, 0.3) is 11.2 Å². The largest absolute Gasteiger partial charge is 0.394 e. The maximum absolute atomic E-state index is 10.0. The molecule has 0 aromatic carbocycles. The lowest BCUT2D eigenvalue weighted by Crippen LogP contribution is -2.24. The molecule has 1 saturated carbocycles. The van der Waals surface area contributed by atoms with Gasteiger partial charge in [-0.2, -0.15) is 0 Å². The Balaban J connectivity index is 1.60. The van der Waals surface area contributed by atoms with Gasteiger partial charge in [-0.25, -0.2) is 9.97 Å². The summed E-state index contributed by atoms with van der Waals surface area (Å²) < 4.78 is 7.55. The highest BCUT2D eigenvalue weighted by Gasteiger charge is 2.35. The highest BCUT2D eigenvalue weighted by atomic mass is 35.5. The van der Waals surface area contributed by atoms with Crippen molar-refractivity contribution in [3.05, 3.63) is 17.5 Å². The van der Waals surface area contributed by atoms with Gasteiger partial charge >= 0.3 is 0 Å². The molecule has 0 amide bonds. The number of ether oxygens (including phenoxy) is 1. The molecule has 2 aliphatic rings. The van der Waals surface area contributed by atoms with Gasteiger partial charge in [-0.1, -0.05) is 43.7 Å². The Hall–Kier alpha value is -1.41. The van der Waals surface area contributed by atoms with Crippen molar-refractivity contribution in [1.29, 1.82) is 0 Å². The lowest BCUT2D eigenvalue weighted by atomic mass is 9.96. The van der Waals surface area contributed by atoms with E-state index in [2.05, 4.69) is 15.3 Å². The van der Waals surface area contributed by atoms with Crippen LogP contribution < -0.4 is 5.32 Å². The van der Waals surface area contributed by atoms with E-state index in [-0.39, 0.29) is 6.61 Å². The standard InChI is InChI=1S/C19H27ClN4O3/c20-16-8-13(22-12-6-4-2-1-3-5-7-12)18-19(23-16)24(11-21-18)17-9-14(26)15(10-25)27-17/h8,11-12,14-15,17,25-26H,1-7,9-10H2,(H,22,23)/t14-,15+,17+/m0/s1. The number of hydrogen-bond donors (Lipinski definition) is 3. The Morgan fingerprint density at radius 1 is 1.22 bits per heavy atom. The molecule has 8 heteroatoms. The second kappa shape index (κ2) is 8.31. The Morgan fingerprint density at radius 2 is 1.96 bits per heavy atom. The maximum Gasteiger partial charge on any atom is 0.165 e. The third kappa shape index (κ3) is 4.06. The molecule has 3 heterocycles. The molecule has 2 aromatic rings. The summed E-state index contributed by atoms with van der Waals surface area (Å²) in [4.78, 5) is 8.99. The monoisotopic (exact) mass is 394 g/mol. The van der Waals surface area contributed by atoms with Crippen molar-refractivity contribution in [1.82, 2.24) is 14.5 Å². The van der Waals surface area contributed by atoms with Crippen LogP contribution >= 0.6 is 11.6 Å². The summed E-state index contributed by atoms with van der Waals surface area (Å²) in [6.45, 7) is -0.215. The SMILES string of the molecule is OC[C@H]1O[C@@H](n2cnc3c(NC4CCCCCCC4)cc(Cl)nc32)C[C@@H]1O. The van der Waals surface area contributed by atoms with Crippen LogP contribution in [0.5, 0.6) is 0 Å². The number of nitrogens with zero attached hydrogens (tertiary/aromatic N) is 3. The number of hydrogen-bond acceptors (Lipinski definition) is 6. The fourth-order valence-corrected chi connectivity index (χ4v) is 4.36. The highest BCUT2D eigenvalue weighted by Crippen LogP contribution is 2.33. The van der Waals surface area contributed by atoms with Gasteiger partial charge in [0, 0.05) is 18.5 Å². The molecule has 1 saturated heterocycles. The molecule has 7 nitrogen and oxygen atoms in total. The molecule has 148 valence electrons. The minimum atomic E-state index is -0.704. The van der Waals surface area contributed by atoms with E-state index in [0.717, 1.165) is 24.0 Å². The number of rotatable bonds is 4. The molecule has 3 N–H and O–H groups in total. The predicted molar refractivity (Wildman–Crippen MR) is 104 cm³/mol. The molecule has 0 radical (unpaired) electrons. The second-order valence-electron chi connectivity index (χ2n) is 7.62. The van der Waals surface area contributed by atoms with Gasteiger partial charge in [0.15, 0.2) is 5.65 Å². The van der Waals surface area contributed by atoms with Crippen LogP contribution in [0.4, 0.5) is 5.69 Å². The van der Waals surface area contributed by atoms with Crippen LogP contribution in [0.2, 0.25) is 5.15 Å². The topological polar surface area (TPSA) is 92.4 Å². The zero-order valence-corrected chi connectivity index (χ0v) is 16.1. The van der Waals surface area contributed by atoms with E-state index in [0.29, 0.717) is 23.3 Å². The molecule has 1 aliphatic carbocycles. The van der Waals surface area contributed by atoms with Gasteiger partial charge in [0.25, 0.3) is 0 Å². The molecule has 1 aliphatic heterocycles. The van der Waals surface area contributed by atoms with Crippen molar-refractivity contribution < 1.29 is 14.9 Å². The Kier molecular flexibility index (Phi) is 5.82. The first-order valence-electron chi connectivity index (χ1n) is 9.89. The minimum absolute atomic E-state index is 0.215. The van der Waals surface area contributed by atoms with E-state index < -0.39 is 18.4 Å². The molecule has 2 aromatic heterocycles.